The van der Waals surface area contributed by atoms with Crippen LogP contribution in [0.25, 0.3) is 6.08 Å². The van der Waals surface area contributed by atoms with E-state index in [1.54, 1.807) is 37.3 Å². The molecule has 0 fully saturated rings. The smallest absolute Gasteiger partial charge is 0.352 e. The van der Waals surface area contributed by atoms with Gasteiger partial charge in [-0.3, -0.25) is 9.59 Å². The molecule has 8 nitrogen and oxygen atoms in total. The Bertz CT molecular complexity index is 1110. The van der Waals surface area contributed by atoms with Crippen LogP contribution in [0.4, 0.5) is 5.69 Å². The minimum absolute atomic E-state index is 0.000527. The van der Waals surface area contributed by atoms with Crippen LogP contribution in [0.1, 0.15) is 29.8 Å². The summed E-state index contributed by atoms with van der Waals surface area (Å²) < 4.78 is 4.80. The van der Waals surface area contributed by atoms with Gasteiger partial charge in [0.25, 0.3) is 5.91 Å². The average Bonchev–Trinajstić information content (AvgIpc) is 2.75. The Labute approximate surface area is 189 Å². The molecular weight excluding hydrogens is 434 g/mol. The summed E-state index contributed by atoms with van der Waals surface area (Å²) in [7, 11) is 0. The van der Waals surface area contributed by atoms with Gasteiger partial charge >= 0.3 is 5.97 Å². The number of benzene rings is 2. The molecule has 0 saturated heterocycles. The molecule has 2 rings (SSSR count). The molecule has 0 heterocycles. The Morgan fingerprint density at radius 3 is 2.28 bits per heavy atom. The summed E-state index contributed by atoms with van der Waals surface area (Å²) in [5, 5.41) is 25.5. The van der Waals surface area contributed by atoms with Crippen LogP contribution in [0.5, 0.6) is 0 Å². The fraction of sp³-hybridized carbons (Fsp3) is 0.130. The van der Waals surface area contributed by atoms with Crippen LogP contribution in [-0.2, 0) is 14.3 Å². The third-order valence-corrected chi connectivity index (χ3v) is 4.23. The molecule has 0 aliphatic carbocycles. The van der Waals surface area contributed by atoms with Crippen molar-refractivity contribution in [3.63, 3.8) is 0 Å². The number of carbonyl (C=O) groups excluding carboxylic acids is 3. The lowest BCUT2D eigenvalue weighted by atomic mass is 10.1. The topological polar surface area (TPSA) is 129 Å². The van der Waals surface area contributed by atoms with Crippen LogP contribution in [0.3, 0.4) is 0 Å². The van der Waals surface area contributed by atoms with Gasteiger partial charge in [-0.15, -0.1) is 0 Å². The summed E-state index contributed by atoms with van der Waals surface area (Å²) in [6, 6.07) is 14.1. The number of hydrogen-bond donors (Lipinski definition) is 3. The number of carbonyl (C=O) groups is 3. The number of esters is 1. The molecule has 2 amide bonds. The summed E-state index contributed by atoms with van der Waals surface area (Å²) in [5.74, 6) is -2.65. The minimum Gasteiger partial charge on any atom is -0.504 e. The van der Waals surface area contributed by atoms with Crippen LogP contribution < -0.4 is 10.6 Å². The maximum Gasteiger partial charge on any atom is 0.352 e. The number of nitriles is 1. The number of hydrogen-bond acceptors (Lipinski definition) is 6. The van der Waals surface area contributed by atoms with Gasteiger partial charge in [0.15, 0.2) is 11.3 Å². The van der Waals surface area contributed by atoms with E-state index in [0.717, 1.165) is 0 Å². The Hall–Kier alpha value is -4.09. The fourth-order valence-electron chi connectivity index (χ4n) is 2.53. The van der Waals surface area contributed by atoms with Crippen LogP contribution in [0.15, 0.2) is 65.6 Å². The third-order valence-electron chi connectivity index (χ3n) is 3.98. The second-order valence-electron chi connectivity index (χ2n) is 6.38. The maximum absolute atomic E-state index is 12.8. The highest BCUT2D eigenvalue weighted by Gasteiger charge is 2.21. The normalized spacial score (nSPS) is 11.6. The van der Waals surface area contributed by atoms with Gasteiger partial charge in [-0.05, 0) is 55.0 Å². The lowest BCUT2D eigenvalue weighted by Crippen LogP contribution is -2.25. The van der Waals surface area contributed by atoms with E-state index < -0.39 is 23.2 Å². The monoisotopic (exact) mass is 453 g/mol. The van der Waals surface area contributed by atoms with Crippen molar-refractivity contribution in [1.29, 1.82) is 5.26 Å². The van der Waals surface area contributed by atoms with Gasteiger partial charge in [0.05, 0.1) is 12.3 Å². The highest BCUT2D eigenvalue weighted by Crippen LogP contribution is 2.18. The van der Waals surface area contributed by atoms with Gasteiger partial charge < -0.3 is 20.5 Å². The molecule has 0 spiro atoms. The van der Waals surface area contributed by atoms with Crippen molar-refractivity contribution in [3.8, 4) is 6.07 Å². The van der Waals surface area contributed by atoms with E-state index in [1.165, 1.54) is 37.3 Å². The fourth-order valence-corrected chi connectivity index (χ4v) is 2.65. The summed E-state index contributed by atoms with van der Waals surface area (Å²) in [5.41, 5.74) is 0.408. The predicted octanol–water partition coefficient (Wildman–Crippen LogP) is 3.97. The number of amides is 2. The van der Waals surface area contributed by atoms with Crippen LogP contribution in [-0.4, -0.2) is 29.5 Å². The molecule has 164 valence electrons. The molecule has 9 heteroatoms. The van der Waals surface area contributed by atoms with Gasteiger partial charge in [-0.25, -0.2) is 4.79 Å². The lowest BCUT2D eigenvalue weighted by molar-refractivity contribution is -0.138. The maximum atomic E-state index is 12.8. The van der Waals surface area contributed by atoms with E-state index in [0.29, 0.717) is 16.3 Å². The van der Waals surface area contributed by atoms with Gasteiger partial charge in [0.2, 0.25) is 5.91 Å². The first-order valence-corrected chi connectivity index (χ1v) is 9.80. The summed E-state index contributed by atoms with van der Waals surface area (Å²) in [6.45, 7) is 2.92. The van der Waals surface area contributed by atoms with Crippen molar-refractivity contribution in [3.05, 3.63) is 81.7 Å². The number of rotatable bonds is 7. The molecule has 3 N–H and O–H groups in total. The molecule has 0 aromatic heterocycles. The van der Waals surface area contributed by atoms with E-state index in [4.69, 9.17) is 16.3 Å². The first kappa shape index (κ1) is 24.2. The quantitative estimate of drug-likeness (QED) is 0.191. The molecule has 0 atom stereocenters. The Balaban J connectivity index is 2.43. The van der Waals surface area contributed by atoms with Crippen molar-refractivity contribution < 1.29 is 24.2 Å². The molecule has 0 bridgehead atoms. The standard InChI is InChI=1S/C23H20ClN3O5/c1-3-32-23(31)19(13-25)21(29)20(12-15-4-8-17(24)9-5-15)27-22(30)16-6-10-18(11-7-16)26-14(2)28/h4-12,29H,3H2,1-2H3,(H,26,28)(H,27,30)/b20-12-,21-19+. The van der Waals surface area contributed by atoms with Crippen LogP contribution in [0.2, 0.25) is 5.02 Å². The number of ether oxygens (including phenoxy) is 1. The summed E-state index contributed by atoms with van der Waals surface area (Å²) in [4.78, 5) is 35.9. The number of nitrogens with zero attached hydrogens (tertiary/aromatic N) is 1. The zero-order valence-electron chi connectivity index (χ0n) is 17.3. The van der Waals surface area contributed by atoms with Gasteiger partial charge in [0, 0.05) is 23.2 Å². The van der Waals surface area contributed by atoms with Crippen molar-refractivity contribution in [2.75, 3.05) is 11.9 Å². The highest BCUT2D eigenvalue weighted by molar-refractivity contribution is 6.30. The molecule has 0 unspecified atom stereocenters. The Kier molecular flexibility index (Phi) is 8.57. The van der Waals surface area contributed by atoms with Crippen LogP contribution >= 0.6 is 11.6 Å². The number of aliphatic hydroxyl groups excluding tert-OH is 1. The Morgan fingerprint density at radius 1 is 1.12 bits per heavy atom. The SMILES string of the molecule is CCOC(=O)/C(C#N)=C(O)\C(=C\c1ccc(Cl)cc1)NC(=O)c1ccc(NC(C)=O)cc1. The lowest BCUT2D eigenvalue weighted by Gasteiger charge is -2.12. The first-order chi connectivity index (χ1) is 15.2. The number of anilines is 1. The number of nitrogens with one attached hydrogen (secondary N) is 2. The van der Waals surface area contributed by atoms with Crippen molar-refractivity contribution in [1.82, 2.24) is 5.32 Å². The Morgan fingerprint density at radius 2 is 1.75 bits per heavy atom. The van der Waals surface area contributed by atoms with E-state index in [1.807, 2.05) is 0 Å². The van der Waals surface area contributed by atoms with E-state index in [-0.39, 0.29) is 23.8 Å². The summed E-state index contributed by atoms with van der Waals surface area (Å²) >= 11 is 5.89. The second-order valence-corrected chi connectivity index (χ2v) is 6.81. The van der Waals surface area contributed by atoms with Crippen molar-refractivity contribution >= 4 is 41.1 Å². The van der Waals surface area contributed by atoms with Gasteiger partial charge in [0.1, 0.15) is 6.07 Å². The molecule has 0 aliphatic rings. The molecule has 0 aliphatic heterocycles. The average molecular weight is 454 g/mol. The zero-order chi connectivity index (χ0) is 23.7. The molecule has 32 heavy (non-hydrogen) atoms. The largest absolute Gasteiger partial charge is 0.504 e. The van der Waals surface area contributed by atoms with Crippen molar-refractivity contribution in [2.24, 2.45) is 0 Å². The minimum atomic E-state index is -1.02. The molecular formula is C23H20ClN3O5. The second kappa shape index (κ2) is 11.3. The highest BCUT2D eigenvalue weighted by atomic mass is 35.5. The molecule has 2 aromatic rings. The van der Waals surface area contributed by atoms with E-state index in [9.17, 15) is 24.8 Å². The van der Waals surface area contributed by atoms with Gasteiger partial charge in [-0.2, -0.15) is 5.26 Å². The molecule has 2 aromatic carbocycles. The molecule has 0 radical (unpaired) electrons. The van der Waals surface area contributed by atoms with Crippen LogP contribution in [0, 0.1) is 11.3 Å². The number of halogens is 1. The van der Waals surface area contributed by atoms with Crippen molar-refractivity contribution in [2.45, 2.75) is 13.8 Å². The van der Waals surface area contributed by atoms with E-state index >= 15 is 0 Å². The number of aliphatic hydroxyl groups is 1. The van der Waals surface area contributed by atoms with E-state index in [2.05, 4.69) is 10.6 Å². The third kappa shape index (κ3) is 6.72. The summed E-state index contributed by atoms with van der Waals surface area (Å²) in [6.07, 6.45) is 1.38. The zero-order valence-corrected chi connectivity index (χ0v) is 18.1. The predicted molar refractivity (Wildman–Crippen MR) is 120 cm³/mol. The first-order valence-electron chi connectivity index (χ1n) is 9.42. The van der Waals surface area contributed by atoms with Gasteiger partial charge in [-0.1, -0.05) is 23.7 Å². The molecule has 0 saturated carbocycles.